The molecule has 2 rings (SSSR count). The third kappa shape index (κ3) is 3.77. The number of nitrogens with zero attached hydrogens (tertiary/aromatic N) is 1. The summed E-state index contributed by atoms with van der Waals surface area (Å²) in [4.78, 5) is 0. The molecule has 0 saturated carbocycles. The van der Waals surface area contributed by atoms with E-state index in [9.17, 15) is 0 Å². The molecule has 104 valence electrons. The summed E-state index contributed by atoms with van der Waals surface area (Å²) < 4.78 is 2.45. The van der Waals surface area contributed by atoms with E-state index in [1.165, 1.54) is 16.6 Å². The Bertz CT molecular complexity index is 537. The van der Waals surface area contributed by atoms with E-state index in [4.69, 9.17) is 0 Å². The summed E-state index contributed by atoms with van der Waals surface area (Å²) in [5.41, 5.74) is 2.88. The first-order valence-electron chi connectivity index (χ1n) is 6.82. The van der Waals surface area contributed by atoms with Crippen LogP contribution in [0.1, 0.15) is 26.5 Å². The van der Waals surface area contributed by atoms with Crippen molar-refractivity contribution in [1.82, 2.24) is 9.88 Å². The highest BCUT2D eigenvalue weighted by Crippen LogP contribution is 2.20. The van der Waals surface area contributed by atoms with E-state index in [2.05, 4.69) is 67.2 Å². The van der Waals surface area contributed by atoms with Gasteiger partial charge in [0.05, 0.1) is 0 Å². The van der Waals surface area contributed by atoms with Crippen LogP contribution < -0.4 is 5.32 Å². The van der Waals surface area contributed by atoms with Crippen molar-refractivity contribution < 1.29 is 0 Å². The molecule has 0 spiro atoms. The van der Waals surface area contributed by atoms with Crippen LogP contribution in [-0.2, 0) is 13.1 Å². The van der Waals surface area contributed by atoms with Gasteiger partial charge in [0.1, 0.15) is 0 Å². The smallest absolute Gasteiger partial charge is 0.0483 e. The second-order valence-corrected chi connectivity index (χ2v) is 6.93. The SMILES string of the molecule is CSCCn1c(CNC(C)(C)C)cc2ccccc21. The molecule has 0 unspecified atom stereocenters. The number of aromatic nitrogens is 1. The van der Waals surface area contributed by atoms with Gasteiger partial charge in [-0.2, -0.15) is 11.8 Å². The number of thioether (sulfide) groups is 1. The van der Waals surface area contributed by atoms with Gasteiger partial charge in [-0.05, 0) is 44.5 Å². The zero-order valence-corrected chi connectivity index (χ0v) is 13.2. The Morgan fingerprint density at radius 3 is 2.63 bits per heavy atom. The van der Waals surface area contributed by atoms with Crippen LogP contribution in [0.2, 0.25) is 0 Å². The number of fused-ring (bicyclic) bond motifs is 1. The predicted molar refractivity (Wildman–Crippen MR) is 86.9 cm³/mol. The van der Waals surface area contributed by atoms with E-state index < -0.39 is 0 Å². The standard InChI is InChI=1S/C16H24N2S/c1-16(2,3)17-12-14-11-13-7-5-6-8-15(13)18(14)9-10-19-4/h5-8,11,17H,9-10,12H2,1-4H3. The molecule has 0 saturated heterocycles. The number of nitrogens with one attached hydrogen (secondary N) is 1. The van der Waals surface area contributed by atoms with Crippen molar-refractivity contribution in [2.45, 2.75) is 39.4 Å². The van der Waals surface area contributed by atoms with Gasteiger partial charge in [0, 0.05) is 35.6 Å². The van der Waals surface area contributed by atoms with Crippen LogP contribution in [0, 0.1) is 0 Å². The van der Waals surface area contributed by atoms with E-state index >= 15 is 0 Å². The van der Waals surface area contributed by atoms with E-state index in [1.54, 1.807) is 0 Å². The molecule has 0 amide bonds. The lowest BCUT2D eigenvalue weighted by Crippen LogP contribution is -2.35. The molecular weight excluding hydrogens is 252 g/mol. The van der Waals surface area contributed by atoms with Gasteiger partial charge in [0.15, 0.2) is 0 Å². The Hall–Kier alpha value is -0.930. The summed E-state index contributed by atoms with van der Waals surface area (Å²) >= 11 is 1.90. The second-order valence-electron chi connectivity index (χ2n) is 5.94. The maximum atomic E-state index is 3.59. The molecule has 0 bridgehead atoms. The quantitative estimate of drug-likeness (QED) is 0.892. The van der Waals surface area contributed by atoms with Crippen LogP contribution in [-0.4, -0.2) is 22.1 Å². The van der Waals surface area contributed by atoms with Crippen LogP contribution in [0.25, 0.3) is 10.9 Å². The average Bonchev–Trinajstić information content (AvgIpc) is 2.71. The fourth-order valence-electron chi connectivity index (χ4n) is 2.22. The Balaban J connectivity index is 2.30. The lowest BCUT2D eigenvalue weighted by Gasteiger charge is -2.21. The van der Waals surface area contributed by atoms with Crippen molar-refractivity contribution in [3.05, 3.63) is 36.0 Å². The Kier molecular flexibility index (Phi) is 4.58. The second kappa shape index (κ2) is 6.02. The highest BCUT2D eigenvalue weighted by molar-refractivity contribution is 7.98. The van der Waals surface area contributed by atoms with Gasteiger partial charge in [-0.3, -0.25) is 0 Å². The van der Waals surface area contributed by atoms with Gasteiger partial charge >= 0.3 is 0 Å². The maximum Gasteiger partial charge on any atom is 0.0483 e. The molecule has 2 aromatic rings. The Labute approximate surface area is 120 Å². The number of hydrogen-bond acceptors (Lipinski definition) is 2. The molecule has 3 heteroatoms. The van der Waals surface area contributed by atoms with E-state index in [0.717, 1.165) is 18.8 Å². The van der Waals surface area contributed by atoms with Crippen molar-refractivity contribution >= 4 is 22.7 Å². The minimum absolute atomic E-state index is 0.154. The third-order valence-corrected chi connectivity index (χ3v) is 3.81. The minimum atomic E-state index is 0.154. The van der Waals surface area contributed by atoms with Crippen molar-refractivity contribution in [3.63, 3.8) is 0 Å². The van der Waals surface area contributed by atoms with Gasteiger partial charge in [-0.1, -0.05) is 18.2 Å². The summed E-state index contributed by atoms with van der Waals surface area (Å²) in [6.07, 6.45) is 2.17. The highest BCUT2D eigenvalue weighted by atomic mass is 32.2. The predicted octanol–water partition coefficient (Wildman–Crippen LogP) is 3.89. The number of hydrogen-bond donors (Lipinski definition) is 1. The molecule has 1 aromatic heterocycles. The van der Waals surface area contributed by atoms with Gasteiger partial charge in [-0.15, -0.1) is 0 Å². The molecule has 0 atom stereocenters. The van der Waals surface area contributed by atoms with Crippen LogP contribution in [0.3, 0.4) is 0 Å². The van der Waals surface area contributed by atoms with Crippen LogP contribution >= 0.6 is 11.8 Å². The van der Waals surface area contributed by atoms with Crippen LogP contribution in [0.5, 0.6) is 0 Å². The largest absolute Gasteiger partial charge is 0.342 e. The van der Waals surface area contributed by atoms with E-state index in [-0.39, 0.29) is 5.54 Å². The highest BCUT2D eigenvalue weighted by Gasteiger charge is 2.12. The monoisotopic (exact) mass is 276 g/mol. The molecule has 1 N–H and O–H groups in total. The zero-order chi connectivity index (χ0) is 13.9. The number of para-hydroxylation sites is 1. The third-order valence-electron chi connectivity index (χ3n) is 3.22. The minimum Gasteiger partial charge on any atom is -0.342 e. The molecular formula is C16H24N2S. The molecule has 1 aromatic carbocycles. The van der Waals surface area contributed by atoms with Gasteiger partial charge in [0.2, 0.25) is 0 Å². The summed E-state index contributed by atoms with van der Waals surface area (Å²) in [5.74, 6) is 1.15. The molecule has 19 heavy (non-hydrogen) atoms. The first-order chi connectivity index (χ1) is 9.01. The molecule has 0 aliphatic rings. The Morgan fingerprint density at radius 2 is 1.95 bits per heavy atom. The van der Waals surface area contributed by atoms with Gasteiger partial charge in [0.25, 0.3) is 0 Å². The lowest BCUT2D eigenvalue weighted by molar-refractivity contribution is 0.417. The molecule has 1 heterocycles. The van der Waals surface area contributed by atoms with Crippen molar-refractivity contribution in [3.8, 4) is 0 Å². The summed E-state index contributed by atoms with van der Waals surface area (Å²) in [6.45, 7) is 8.63. The summed E-state index contributed by atoms with van der Waals surface area (Å²) in [7, 11) is 0. The van der Waals surface area contributed by atoms with Crippen molar-refractivity contribution in [2.75, 3.05) is 12.0 Å². The fraction of sp³-hybridized carbons (Fsp3) is 0.500. The first-order valence-corrected chi connectivity index (χ1v) is 8.22. The maximum absolute atomic E-state index is 3.59. The molecule has 0 radical (unpaired) electrons. The molecule has 0 aliphatic heterocycles. The van der Waals surface area contributed by atoms with Gasteiger partial charge < -0.3 is 9.88 Å². The van der Waals surface area contributed by atoms with Gasteiger partial charge in [-0.25, -0.2) is 0 Å². The summed E-state index contributed by atoms with van der Waals surface area (Å²) in [5, 5.41) is 4.93. The molecule has 0 fully saturated rings. The number of benzene rings is 1. The first kappa shape index (κ1) is 14.5. The normalized spacial score (nSPS) is 12.2. The molecule has 0 aliphatic carbocycles. The Morgan fingerprint density at radius 1 is 1.21 bits per heavy atom. The topological polar surface area (TPSA) is 17.0 Å². The van der Waals surface area contributed by atoms with E-state index in [0.29, 0.717) is 0 Å². The number of rotatable bonds is 5. The summed E-state index contributed by atoms with van der Waals surface area (Å²) in [6, 6.07) is 11.0. The van der Waals surface area contributed by atoms with Crippen LogP contribution in [0.4, 0.5) is 0 Å². The van der Waals surface area contributed by atoms with E-state index in [1.807, 2.05) is 11.8 Å². The number of aryl methyl sites for hydroxylation is 1. The zero-order valence-electron chi connectivity index (χ0n) is 12.4. The van der Waals surface area contributed by atoms with Crippen LogP contribution in [0.15, 0.2) is 30.3 Å². The lowest BCUT2D eigenvalue weighted by atomic mass is 10.1. The van der Waals surface area contributed by atoms with Crippen molar-refractivity contribution in [2.24, 2.45) is 0 Å². The average molecular weight is 276 g/mol. The molecule has 2 nitrogen and oxygen atoms in total. The van der Waals surface area contributed by atoms with Crippen molar-refractivity contribution in [1.29, 1.82) is 0 Å². The fourth-order valence-corrected chi connectivity index (χ4v) is 2.58.